The van der Waals surface area contributed by atoms with E-state index < -0.39 is 5.97 Å². The number of nitrogens with one attached hydrogen (secondary N) is 1. The third kappa shape index (κ3) is 2.66. The quantitative estimate of drug-likeness (QED) is 0.286. The summed E-state index contributed by atoms with van der Waals surface area (Å²) in [5.74, 6) is -0.304. The van der Waals surface area contributed by atoms with E-state index >= 15 is 0 Å². The summed E-state index contributed by atoms with van der Waals surface area (Å²) in [5, 5.41) is 14.8. The van der Waals surface area contributed by atoms with E-state index in [4.69, 9.17) is 16.3 Å². The van der Waals surface area contributed by atoms with Gasteiger partial charge in [-0.1, -0.05) is 41.9 Å². The highest BCUT2D eigenvalue weighted by Crippen LogP contribution is 2.35. The number of para-hydroxylation sites is 1. The molecule has 0 fully saturated rings. The van der Waals surface area contributed by atoms with Crippen LogP contribution in [0.2, 0.25) is 5.02 Å². The molecule has 5 rings (SSSR count). The molecule has 0 radical (unpaired) electrons. The van der Waals surface area contributed by atoms with Crippen molar-refractivity contribution in [2.75, 3.05) is 0 Å². The van der Waals surface area contributed by atoms with Crippen LogP contribution >= 0.6 is 11.6 Å². The highest BCUT2D eigenvalue weighted by molar-refractivity contribution is 6.32. The lowest BCUT2D eigenvalue weighted by molar-refractivity contribution is 0.0732. The lowest BCUT2D eigenvalue weighted by atomic mass is 10.0. The van der Waals surface area contributed by atoms with Crippen LogP contribution in [-0.2, 0) is 0 Å². The summed E-state index contributed by atoms with van der Waals surface area (Å²) in [6, 6.07) is 21.6. The number of phenolic OH excluding ortho intramolecular Hbond substituents is 1. The number of hydrogen-bond acceptors (Lipinski definition) is 3. The van der Waals surface area contributed by atoms with Crippen molar-refractivity contribution in [2.45, 2.75) is 0 Å². The Labute approximate surface area is 164 Å². The summed E-state index contributed by atoms with van der Waals surface area (Å²) in [6.45, 7) is 0. The highest BCUT2D eigenvalue weighted by atomic mass is 35.5. The third-order valence-corrected chi connectivity index (χ3v) is 5.08. The van der Waals surface area contributed by atoms with Crippen molar-refractivity contribution in [2.24, 2.45) is 0 Å². The van der Waals surface area contributed by atoms with Crippen LogP contribution in [0, 0.1) is 0 Å². The predicted molar refractivity (Wildman–Crippen MR) is 111 cm³/mol. The van der Waals surface area contributed by atoms with Crippen LogP contribution < -0.4 is 4.74 Å². The average Bonchev–Trinajstić information content (AvgIpc) is 3.06. The van der Waals surface area contributed by atoms with Crippen molar-refractivity contribution in [1.29, 1.82) is 0 Å². The van der Waals surface area contributed by atoms with Gasteiger partial charge in [0.2, 0.25) is 0 Å². The monoisotopic (exact) mass is 387 g/mol. The Morgan fingerprint density at radius 3 is 2.54 bits per heavy atom. The van der Waals surface area contributed by atoms with Crippen LogP contribution in [0.3, 0.4) is 0 Å². The first-order valence-electron chi connectivity index (χ1n) is 8.74. The van der Waals surface area contributed by atoms with Crippen molar-refractivity contribution in [3.63, 3.8) is 0 Å². The van der Waals surface area contributed by atoms with E-state index in [0.717, 1.165) is 32.6 Å². The Hall–Kier alpha value is -3.50. The molecule has 0 bridgehead atoms. The van der Waals surface area contributed by atoms with Gasteiger partial charge in [-0.25, -0.2) is 4.79 Å². The van der Waals surface area contributed by atoms with E-state index in [1.54, 1.807) is 36.4 Å². The molecule has 5 heteroatoms. The zero-order valence-corrected chi connectivity index (χ0v) is 15.3. The molecular weight excluding hydrogens is 374 g/mol. The molecule has 28 heavy (non-hydrogen) atoms. The highest BCUT2D eigenvalue weighted by Gasteiger charge is 2.17. The number of esters is 1. The molecule has 136 valence electrons. The number of benzene rings is 4. The van der Waals surface area contributed by atoms with E-state index in [9.17, 15) is 9.90 Å². The van der Waals surface area contributed by atoms with Gasteiger partial charge < -0.3 is 14.8 Å². The van der Waals surface area contributed by atoms with Gasteiger partial charge in [-0.05, 0) is 47.9 Å². The molecule has 5 aromatic rings. The maximum atomic E-state index is 12.5. The third-order valence-electron chi connectivity index (χ3n) is 4.84. The summed E-state index contributed by atoms with van der Waals surface area (Å²) in [6.07, 6.45) is 0. The molecule has 1 heterocycles. The number of halogens is 1. The maximum Gasteiger partial charge on any atom is 0.347 e. The molecule has 1 aromatic heterocycles. The number of phenols is 1. The Morgan fingerprint density at radius 2 is 1.71 bits per heavy atom. The molecule has 4 aromatic carbocycles. The second kappa shape index (κ2) is 6.29. The lowest BCUT2D eigenvalue weighted by Gasteiger charge is -2.08. The van der Waals surface area contributed by atoms with Crippen molar-refractivity contribution in [3.8, 4) is 11.5 Å². The fourth-order valence-electron chi connectivity index (χ4n) is 3.52. The van der Waals surface area contributed by atoms with Crippen LogP contribution in [0.1, 0.15) is 10.4 Å². The SMILES string of the molecule is O=C(Oc1ccccc1)c1cc2ccc3c4cc(Cl)ccc4[nH]c3c2cc1O. The molecule has 2 N–H and O–H groups in total. The summed E-state index contributed by atoms with van der Waals surface area (Å²) < 4.78 is 5.36. The summed E-state index contributed by atoms with van der Waals surface area (Å²) in [7, 11) is 0. The molecule has 0 aliphatic heterocycles. The van der Waals surface area contributed by atoms with Crippen LogP contribution in [0.15, 0.2) is 72.8 Å². The van der Waals surface area contributed by atoms with E-state index in [1.165, 1.54) is 0 Å². The zero-order chi connectivity index (χ0) is 19.3. The van der Waals surface area contributed by atoms with Crippen molar-refractivity contribution < 1.29 is 14.6 Å². The molecule has 0 saturated heterocycles. The number of H-pyrrole nitrogens is 1. The van der Waals surface area contributed by atoms with Crippen molar-refractivity contribution >= 4 is 50.1 Å². The molecule has 0 aliphatic carbocycles. The molecule has 0 atom stereocenters. The number of aromatic nitrogens is 1. The van der Waals surface area contributed by atoms with Gasteiger partial charge in [0.25, 0.3) is 0 Å². The Morgan fingerprint density at radius 1 is 0.893 bits per heavy atom. The lowest BCUT2D eigenvalue weighted by Crippen LogP contribution is -2.08. The Balaban J connectivity index is 1.65. The van der Waals surface area contributed by atoms with Crippen LogP contribution in [-0.4, -0.2) is 16.1 Å². The molecule has 0 spiro atoms. The average molecular weight is 388 g/mol. The Bertz CT molecular complexity index is 1370. The number of carbonyl (C=O) groups excluding carboxylic acids is 1. The number of aromatic amines is 1. The molecule has 0 amide bonds. The number of carbonyl (C=O) groups is 1. The second-order valence-corrected chi connectivity index (χ2v) is 7.03. The van der Waals surface area contributed by atoms with Gasteiger partial charge in [-0.2, -0.15) is 0 Å². The van der Waals surface area contributed by atoms with Gasteiger partial charge in [0, 0.05) is 26.7 Å². The van der Waals surface area contributed by atoms with Crippen molar-refractivity contribution in [3.05, 3.63) is 83.4 Å². The van der Waals surface area contributed by atoms with Crippen molar-refractivity contribution in [1.82, 2.24) is 4.98 Å². The minimum atomic E-state index is -0.603. The summed E-state index contributed by atoms with van der Waals surface area (Å²) in [5.41, 5.74) is 1.96. The van der Waals surface area contributed by atoms with E-state index in [0.29, 0.717) is 10.8 Å². The zero-order valence-electron chi connectivity index (χ0n) is 14.6. The van der Waals surface area contributed by atoms with Crippen LogP contribution in [0.5, 0.6) is 11.5 Å². The minimum Gasteiger partial charge on any atom is -0.507 e. The predicted octanol–water partition coefficient (Wildman–Crippen LogP) is 6.05. The first-order valence-corrected chi connectivity index (χ1v) is 9.12. The number of fused-ring (bicyclic) bond motifs is 5. The smallest absolute Gasteiger partial charge is 0.347 e. The number of aromatic hydroxyl groups is 1. The van der Waals surface area contributed by atoms with E-state index in [-0.39, 0.29) is 11.3 Å². The van der Waals surface area contributed by atoms with Gasteiger partial charge in [0.05, 0.1) is 5.52 Å². The maximum absolute atomic E-state index is 12.5. The van der Waals surface area contributed by atoms with Gasteiger partial charge in [-0.15, -0.1) is 0 Å². The van der Waals surface area contributed by atoms with Crippen LogP contribution in [0.25, 0.3) is 32.6 Å². The van der Waals surface area contributed by atoms with Gasteiger partial charge >= 0.3 is 5.97 Å². The van der Waals surface area contributed by atoms with Gasteiger partial charge in [0.1, 0.15) is 17.1 Å². The van der Waals surface area contributed by atoms with Gasteiger partial charge in [-0.3, -0.25) is 0 Å². The Kier molecular flexibility index (Phi) is 3.74. The number of rotatable bonds is 2. The largest absolute Gasteiger partial charge is 0.507 e. The first kappa shape index (κ1) is 16.7. The number of hydrogen-bond donors (Lipinski definition) is 2. The standard InChI is InChI=1S/C23H14ClNO3/c24-14-7-9-20-18(11-14)16-8-6-13-10-19(21(26)12-17(13)22(16)25-20)23(27)28-15-4-2-1-3-5-15/h1-12,25-26H. The normalized spacial score (nSPS) is 11.3. The van der Waals surface area contributed by atoms with E-state index in [2.05, 4.69) is 4.98 Å². The summed E-state index contributed by atoms with van der Waals surface area (Å²) >= 11 is 6.14. The van der Waals surface area contributed by atoms with Gasteiger partial charge in [0.15, 0.2) is 0 Å². The minimum absolute atomic E-state index is 0.120. The van der Waals surface area contributed by atoms with E-state index in [1.807, 2.05) is 36.4 Å². The molecular formula is C23H14ClNO3. The van der Waals surface area contributed by atoms with Crippen LogP contribution in [0.4, 0.5) is 0 Å². The molecule has 4 nitrogen and oxygen atoms in total. The fourth-order valence-corrected chi connectivity index (χ4v) is 3.69. The number of ether oxygens (including phenoxy) is 1. The first-order chi connectivity index (χ1) is 13.6. The molecule has 0 saturated carbocycles. The molecule has 0 aliphatic rings. The molecule has 0 unspecified atom stereocenters. The summed E-state index contributed by atoms with van der Waals surface area (Å²) in [4.78, 5) is 15.9. The fraction of sp³-hybridized carbons (Fsp3) is 0. The topological polar surface area (TPSA) is 62.3 Å². The second-order valence-electron chi connectivity index (χ2n) is 6.60.